The van der Waals surface area contributed by atoms with Gasteiger partial charge in [0.25, 0.3) is 0 Å². The molecule has 0 unspecified atom stereocenters. The van der Waals surface area contributed by atoms with Crippen molar-refractivity contribution in [2.24, 2.45) is 0 Å². The van der Waals surface area contributed by atoms with Crippen molar-refractivity contribution in [1.29, 1.82) is 0 Å². The van der Waals surface area contributed by atoms with Gasteiger partial charge in [0, 0.05) is 11.9 Å². The van der Waals surface area contributed by atoms with E-state index in [0.717, 1.165) is 23.8 Å². The van der Waals surface area contributed by atoms with E-state index in [1.807, 2.05) is 24.3 Å². The lowest BCUT2D eigenvalue weighted by molar-refractivity contribution is 0.194. The molecule has 4 heteroatoms. The van der Waals surface area contributed by atoms with E-state index in [0.29, 0.717) is 6.54 Å². The minimum absolute atomic E-state index is 0.476. The molecule has 2 rings (SSSR count). The molecule has 0 aliphatic rings. The van der Waals surface area contributed by atoms with Crippen molar-refractivity contribution in [3.63, 3.8) is 0 Å². The van der Waals surface area contributed by atoms with Crippen LogP contribution in [-0.4, -0.2) is 17.7 Å². The van der Waals surface area contributed by atoms with Gasteiger partial charge in [0.2, 0.25) is 0 Å². The van der Waals surface area contributed by atoms with Crippen molar-refractivity contribution in [1.82, 2.24) is 5.32 Å². The van der Waals surface area contributed by atoms with Crippen LogP contribution in [-0.2, 0) is 6.42 Å². The predicted octanol–water partition coefficient (Wildman–Crippen LogP) is 2.63. The molecule has 0 atom stereocenters. The number of nitrogens with one attached hydrogen (secondary N) is 1. The van der Waals surface area contributed by atoms with Gasteiger partial charge >= 0.3 is 6.09 Å². The molecule has 2 N–H and O–H groups in total. The maximum atomic E-state index is 10.3. The molecule has 0 saturated heterocycles. The summed E-state index contributed by atoms with van der Waals surface area (Å²) in [5.41, 5.74) is 2.07. The smallest absolute Gasteiger partial charge is 0.404 e. The van der Waals surface area contributed by atoms with E-state index < -0.39 is 6.09 Å². The normalized spacial score (nSPS) is 10.5. The summed E-state index contributed by atoms with van der Waals surface area (Å²) in [7, 11) is 0. The highest BCUT2D eigenvalue weighted by Crippen LogP contribution is 2.20. The number of carbonyl (C=O) groups is 1. The molecule has 0 bridgehead atoms. The monoisotopic (exact) mass is 219 g/mol. The zero-order valence-corrected chi connectivity index (χ0v) is 8.77. The molecule has 0 spiro atoms. The molecule has 0 fully saturated rings. The van der Waals surface area contributed by atoms with Crippen LogP contribution in [0.25, 0.3) is 11.0 Å². The maximum absolute atomic E-state index is 10.3. The van der Waals surface area contributed by atoms with E-state index in [4.69, 9.17) is 9.52 Å². The van der Waals surface area contributed by atoms with Crippen LogP contribution in [0.2, 0.25) is 0 Å². The topological polar surface area (TPSA) is 62.5 Å². The molecule has 0 saturated carbocycles. The highest BCUT2D eigenvalue weighted by atomic mass is 16.4. The fraction of sp³-hybridized carbons (Fsp3) is 0.250. The van der Waals surface area contributed by atoms with Gasteiger partial charge in [-0.15, -0.1) is 0 Å². The molecule has 2 aromatic rings. The van der Waals surface area contributed by atoms with E-state index in [1.165, 1.54) is 5.56 Å². The molecule has 0 aliphatic carbocycles. The largest absolute Gasteiger partial charge is 0.465 e. The van der Waals surface area contributed by atoms with Crippen LogP contribution in [0.1, 0.15) is 12.0 Å². The van der Waals surface area contributed by atoms with Gasteiger partial charge in [0.1, 0.15) is 5.58 Å². The first-order chi connectivity index (χ1) is 7.77. The van der Waals surface area contributed by atoms with Crippen molar-refractivity contribution in [2.45, 2.75) is 12.8 Å². The average Bonchev–Trinajstić information content (AvgIpc) is 2.72. The van der Waals surface area contributed by atoms with E-state index in [-0.39, 0.29) is 0 Å². The predicted molar refractivity (Wildman–Crippen MR) is 60.6 cm³/mol. The second-order valence-corrected chi connectivity index (χ2v) is 3.59. The number of furan rings is 1. The third-order valence-corrected chi connectivity index (χ3v) is 2.49. The third-order valence-electron chi connectivity index (χ3n) is 2.49. The van der Waals surface area contributed by atoms with Crippen molar-refractivity contribution >= 4 is 17.1 Å². The van der Waals surface area contributed by atoms with E-state index >= 15 is 0 Å². The van der Waals surface area contributed by atoms with Gasteiger partial charge in [0.05, 0.1) is 6.26 Å². The minimum Gasteiger partial charge on any atom is -0.465 e. The molecule has 1 amide bonds. The van der Waals surface area contributed by atoms with Crippen LogP contribution >= 0.6 is 0 Å². The lowest BCUT2D eigenvalue weighted by atomic mass is 10.1. The second-order valence-electron chi connectivity index (χ2n) is 3.59. The Morgan fingerprint density at radius 2 is 2.25 bits per heavy atom. The van der Waals surface area contributed by atoms with Crippen LogP contribution in [0.5, 0.6) is 0 Å². The standard InChI is InChI=1S/C12H13NO3/c14-12(15)13-7-2-4-9-3-1-5-11-10(9)6-8-16-11/h1,3,5-6,8,13H,2,4,7H2,(H,14,15). The summed E-state index contributed by atoms with van der Waals surface area (Å²) in [4.78, 5) is 10.3. The van der Waals surface area contributed by atoms with Gasteiger partial charge in [-0.2, -0.15) is 0 Å². The van der Waals surface area contributed by atoms with Crippen LogP contribution in [0.3, 0.4) is 0 Å². The summed E-state index contributed by atoms with van der Waals surface area (Å²) in [6.45, 7) is 0.476. The lowest BCUT2D eigenvalue weighted by Gasteiger charge is -2.03. The Morgan fingerprint density at radius 3 is 3.06 bits per heavy atom. The Hall–Kier alpha value is -1.97. The van der Waals surface area contributed by atoms with Gasteiger partial charge in [-0.3, -0.25) is 0 Å². The molecule has 1 aromatic carbocycles. The first kappa shape index (κ1) is 10.5. The van der Waals surface area contributed by atoms with Gasteiger partial charge in [0.15, 0.2) is 0 Å². The average molecular weight is 219 g/mol. The molecule has 16 heavy (non-hydrogen) atoms. The number of fused-ring (bicyclic) bond motifs is 1. The highest BCUT2D eigenvalue weighted by Gasteiger charge is 2.02. The highest BCUT2D eigenvalue weighted by molar-refractivity contribution is 5.80. The molecule has 0 aliphatic heterocycles. The SMILES string of the molecule is O=C(O)NCCCc1cccc2occc12. The van der Waals surface area contributed by atoms with Crippen molar-refractivity contribution in [3.8, 4) is 0 Å². The third kappa shape index (κ3) is 2.34. The number of amides is 1. The number of aryl methyl sites for hydroxylation is 1. The zero-order valence-electron chi connectivity index (χ0n) is 8.77. The van der Waals surface area contributed by atoms with Gasteiger partial charge in [-0.25, -0.2) is 4.79 Å². The van der Waals surface area contributed by atoms with E-state index in [2.05, 4.69) is 5.32 Å². The summed E-state index contributed by atoms with van der Waals surface area (Å²) in [5, 5.41) is 11.9. The molecule has 1 aromatic heterocycles. The van der Waals surface area contributed by atoms with E-state index in [9.17, 15) is 4.79 Å². The number of hydrogen-bond acceptors (Lipinski definition) is 2. The van der Waals surface area contributed by atoms with Crippen LogP contribution in [0.15, 0.2) is 34.9 Å². The van der Waals surface area contributed by atoms with Gasteiger partial charge in [-0.05, 0) is 30.5 Å². The summed E-state index contributed by atoms with van der Waals surface area (Å²) < 4.78 is 5.29. The summed E-state index contributed by atoms with van der Waals surface area (Å²) in [6.07, 6.45) is 2.33. The quantitative estimate of drug-likeness (QED) is 0.777. The second kappa shape index (κ2) is 4.70. The molecular weight excluding hydrogens is 206 g/mol. The molecule has 84 valence electrons. The number of rotatable bonds is 4. The van der Waals surface area contributed by atoms with Crippen LogP contribution in [0, 0.1) is 0 Å². The Bertz CT molecular complexity index is 490. The van der Waals surface area contributed by atoms with Crippen molar-refractivity contribution < 1.29 is 14.3 Å². The zero-order chi connectivity index (χ0) is 11.4. The fourth-order valence-corrected chi connectivity index (χ4v) is 1.75. The fourth-order valence-electron chi connectivity index (χ4n) is 1.75. The maximum Gasteiger partial charge on any atom is 0.404 e. The van der Waals surface area contributed by atoms with Gasteiger partial charge in [-0.1, -0.05) is 12.1 Å². The van der Waals surface area contributed by atoms with Gasteiger partial charge < -0.3 is 14.8 Å². The van der Waals surface area contributed by atoms with Crippen molar-refractivity contribution in [3.05, 3.63) is 36.1 Å². The van der Waals surface area contributed by atoms with Crippen LogP contribution < -0.4 is 5.32 Å². The molecule has 1 heterocycles. The Kier molecular flexibility index (Phi) is 3.10. The van der Waals surface area contributed by atoms with Crippen LogP contribution in [0.4, 0.5) is 4.79 Å². The molecule has 4 nitrogen and oxygen atoms in total. The number of hydrogen-bond donors (Lipinski definition) is 2. The Morgan fingerprint density at radius 1 is 1.38 bits per heavy atom. The first-order valence-electron chi connectivity index (χ1n) is 5.19. The number of benzene rings is 1. The number of carboxylic acid groups (broad SMARTS) is 1. The molecular formula is C12H13NO3. The summed E-state index contributed by atoms with van der Waals surface area (Å²) in [5.74, 6) is 0. The Balaban J connectivity index is 1.98. The lowest BCUT2D eigenvalue weighted by Crippen LogP contribution is -2.22. The Labute approximate surface area is 92.9 Å². The minimum atomic E-state index is -0.971. The molecule has 0 radical (unpaired) electrons. The van der Waals surface area contributed by atoms with E-state index in [1.54, 1.807) is 6.26 Å². The first-order valence-corrected chi connectivity index (χ1v) is 5.19. The summed E-state index contributed by atoms with van der Waals surface area (Å²) in [6, 6.07) is 7.86. The summed E-state index contributed by atoms with van der Waals surface area (Å²) >= 11 is 0. The van der Waals surface area contributed by atoms with Crippen molar-refractivity contribution in [2.75, 3.05) is 6.54 Å².